The molecule has 154 valence electrons. The van der Waals surface area contributed by atoms with Gasteiger partial charge in [0.25, 0.3) is 0 Å². The minimum atomic E-state index is -3.83. The molecule has 0 aliphatic rings. The maximum Gasteiger partial charge on any atom is 0.243 e. The van der Waals surface area contributed by atoms with Crippen LogP contribution >= 0.6 is 0 Å². The summed E-state index contributed by atoms with van der Waals surface area (Å²) >= 11 is 0. The number of phenols is 1. The maximum atomic E-state index is 13.1. The standard InChI is InChI=1S/C21H30N2O4S/c1-15(2)13-23(28(26,27)18-9-10-20(24)16(3)11-18)14-21(25)19(22)12-17-7-5-4-6-8-17/h4-11,15,19,21,24-25H,12-14,22H2,1-3H3. The van der Waals surface area contributed by atoms with Gasteiger partial charge in [-0.1, -0.05) is 44.2 Å². The van der Waals surface area contributed by atoms with Crippen LogP contribution in [0.1, 0.15) is 25.0 Å². The van der Waals surface area contributed by atoms with Crippen molar-refractivity contribution in [2.75, 3.05) is 13.1 Å². The molecule has 2 atom stereocenters. The number of hydrogen-bond acceptors (Lipinski definition) is 5. The topological polar surface area (TPSA) is 104 Å². The van der Waals surface area contributed by atoms with E-state index in [1.807, 2.05) is 44.2 Å². The molecule has 2 unspecified atom stereocenters. The first-order valence-corrected chi connectivity index (χ1v) is 10.8. The van der Waals surface area contributed by atoms with Gasteiger partial charge in [-0.3, -0.25) is 0 Å². The van der Waals surface area contributed by atoms with Crippen LogP contribution in [-0.2, 0) is 16.4 Å². The Morgan fingerprint density at radius 2 is 1.71 bits per heavy atom. The van der Waals surface area contributed by atoms with Gasteiger partial charge in [0.15, 0.2) is 0 Å². The highest BCUT2D eigenvalue weighted by Gasteiger charge is 2.29. The number of aromatic hydroxyl groups is 1. The van der Waals surface area contributed by atoms with Crippen LogP contribution in [0.15, 0.2) is 53.4 Å². The summed E-state index contributed by atoms with van der Waals surface area (Å²) in [6.07, 6.45) is -0.553. The molecule has 0 amide bonds. The van der Waals surface area contributed by atoms with Gasteiger partial charge in [-0.05, 0) is 48.6 Å². The van der Waals surface area contributed by atoms with Gasteiger partial charge in [0, 0.05) is 19.1 Å². The maximum absolute atomic E-state index is 13.1. The molecule has 0 bridgehead atoms. The number of nitrogens with zero attached hydrogens (tertiary/aromatic N) is 1. The van der Waals surface area contributed by atoms with Gasteiger partial charge >= 0.3 is 0 Å². The fraction of sp³-hybridized carbons (Fsp3) is 0.429. The van der Waals surface area contributed by atoms with Crippen LogP contribution in [0, 0.1) is 12.8 Å². The number of aliphatic hydroxyl groups excluding tert-OH is 1. The van der Waals surface area contributed by atoms with E-state index >= 15 is 0 Å². The lowest BCUT2D eigenvalue weighted by Crippen LogP contribution is -2.47. The highest BCUT2D eigenvalue weighted by atomic mass is 32.2. The molecule has 6 nitrogen and oxygen atoms in total. The first-order chi connectivity index (χ1) is 13.1. The number of phenolic OH excluding ortho intramolecular Hbond substituents is 1. The van der Waals surface area contributed by atoms with Gasteiger partial charge in [0.1, 0.15) is 5.75 Å². The molecule has 2 rings (SSSR count). The molecule has 0 aliphatic carbocycles. The number of rotatable bonds is 9. The normalized spacial score (nSPS) is 14.4. The quantitative estimate of drug-likeness (QED) is 0.593. The van der Waals surface area contributed by atoms with Crippen molar-refractivity contribution >= 4 is 10.0 Å². The van der Waals surface area contributed by atoms with Gasteiger partial charge in [0.05, 0.1) is 11.0 Å². The Hall–Kier alpha value is -1.93. The summed E-state index contributed by atoms with van der Waals surface area (Å²) in [7, 11) is -3.83. The Balaban J connectivity index is 2.21. The van der Waals surface area contributed by atoms with E-state index in [0.717, 1.165) is 5.56 Å². The zero-order valence-electron chi connectivity index (χ0n) is 16.6. The summed E-state index contributed by atoms with van der Waals surface area (Å²) in [5.74, 6) is 0.116. The van der Waals surface area contributed by atoms with Crippen LogP contribution in [0.25, 0.3) is 0 Å². The number of sulfonamides is 1. The second-order valence-electron chi connectivity index (χ2n) is 7.59. The van der Waals surface area contributed by atoms with Crippen LogP contribution < -0.4 is 5.73 Å². The van der Waals surface area contributed by atoms with Crippen molar-refractivity contribution in [2.24, 2.45) is 11.7 Å². The molecule has 2 aromatic rings. The van der Waals surface area contributed by atoms with Crippen LogP contribution in [0.4, 0.5) is 0 Å². The molecule has 28 heavy (non-hydrogen) atoms. The first kappa shape index (κ1) is 22.4. The summed E-state index contributed by atoms with van der Waals surface area (Å²) in [5.41, 5.74) is 7.62. The third-order valence-electron chi connectivity index (χ3n) is 4.57. The van der Waals surface area contributed by atoms with Crippen molar-refractivity contribution in [1.82, 2.24) is 4.31 Å². The second kappa shape index (κ2) is 9.52. The number of benzene rings is 2. The highest BCUT2D eigenvalue weighted by molar-refractivity contribution is 7.89. The molecule has 0 spiro atoms. The zero-order valence-corrected chi connectivity index (χ0v) is 17.4. The second-order valence-corrected chi connectivity index (χ2v) is 9.52. The van der Waals surface area contributed by atoms with E-state index < -0.39 is 22.2 Å². The van der Waals surface area contributed by atoms with Gasteiger partial charge in [-0.2, -0.15) is 4.31 Å². The molecule has 0 fully saturated rings. The zero-order chi connectivity index (χ0) is 20.9. The van der Waals surface area contributed by atoms with E-state index in [-0.39, 0.29) is 29.7 Å². The Labute approximate surface area is 167 Å². The Bertz CT molecular complexity index is 869. The molecule has 0 saturated carbocycles. The minimum absolute atomic E-state index is 0.0410. The average Bonchev–Trinajstić information content (AvgIpc) is 2.63. The molecule has 0 aromatic heterocycles. The predicted octanol–water partition coefficient (Wildman–Crippen LogP) is 2.28. The monoisotopic (exact) mass is 406 g/mol. The molecule has 0 saturated heterocycles. The van der Waals surface area contributed by atoms with Crippen LogP contribution in [0.2, 0.25) is 0 Å². The number of hydrogen-bond donors (Lipinski definition) is 3. The van der Waals surface area contributed by atoms with Crippen molar-refractivity contribution in [2.45, 2.75) is 44.2 Å². The van der Waals surface area contributed by atoms with E-state index in [9.17, 15) is 18.6 Å². The van der Waals surface area contributed by atoms with E-state index in [1.54, 1.807) is 6.92 Å². The van der Waals surface area contributed by atoms with Crippen molar-refractivity contribution < 1.29 is 18.6 Å². The molecule has 0 radical (unpaired) electrons. The molecule has 0 aliphatic heterocycles. The Morgan fingerprint density at radius 1 is 1.07 bits per heavy atom. The number of nitrogens with two attached hydrogens (primary N) is 1. The lowest BCUT2D eigenvalue weighted by Gasteiger charge is -2.29. The summed E-state index contributed by atoms with van der Waals surface area (Å²) in [6.45, 7) is 5.65. The molecular weight excluding hydrogens is 376 g/mol. The molecule has 2 aromatic carbocycles. The number of aryl methyl sites for hydroxylation is 1. The first-order valence-electron chi connectivity index (χ1n) is 9.38. The molecule has 0 heterocycles. The highest BCUT2D eigenvalue weighted by Crippen LogP contribution is 2.24. The Kier molecular flexibility index (Phi) is 7.60. The van der Waals surface area contributed by atoms with Crippen LogP contribution in [-0.4, -0.2) is 48.2 Å². The van der Waals surface area contributed by atoms with Gasteiger partial charge in [0.2, 0.25) is 10.0 Å². The summed E-state index contributed by atoms with van der Waals surface area (Å²) in [4.78, 5) is 0.0901. The van der Waals surface area contributed by atoms with E-state index in [0.29, 0.717) is 12.0 Å². The largest absolute Gasteiger partial charge is 0.508 e. The fourth-order valence-corrected chi connectivity index (χ4v) is 4.69. The van der Waals surface area contributed by atoms with E-state index in [1.165, 1.54) is 22.5 Å². The van der Waals surface area contributed by atoms with Crippen molar-refractivity contribution in [1.29, 1.82) is 0 Å². The van der Waals surface area contributed by atoms with E-state index in [2.05, 4.69) is 0 Å². The predicted molar refractivity (Wildman–Crippen MR) is 111 cm³/mol. The third kappa shape index (κ3) is 5.78. The van der Waals surface area contributed by atoms with E-state index in [4.69, 9.17) is 5.73 Å². The molecular formula is C21H30N2O4S. The SMILES string of the molecule is Cc1cc(S(=O)(=O)N(CC(C)C)CC(O)C(N)Cc2ccccc2)ccc1O. The summed E-state index contributed by atoms with van der Waals surface area (Å²) in [5, 5.41) is 20.3. The minimum Gasteiger partial charge on any atom is -0.508 e. The fourth-order valence-electron chi connectivity index (χ4n) is 2.98. The van der Waals surface area contributed by atoms with Gasteiger partial charge in [-0.15, -0.1) is 0 Å². The smallest absolute Gasteiger partial charge is 0.243 e. The van der Waals surface area contributed by atoms with Crippen LogP contribution in [0.3, 0.4) is 0 Å². The lowest BCUT2D eigenvalue weighted by atomic mass is 10.0. The summed E-state index contributed by atoms with van der Waals surface area (Å²) < 4.78 is 27.6. The van der Waals surface area contributed by atoms with Crippen LogP contribution in [0.5, 0.6) is 5.75 Å². The third-order valence-corrected chi connectivity index (χ3v) is 6.40. The van der Waals surface area contributed by atoms with Crippen molar-refractivity contribution in [3.05, 3.63) is 59.7 Å². The average molecular weight is 407 g/mol. The number of aliphatic hydroxyl groups is 1. The molecule has 4 N–H and O–H groups in total. The van der Waals surface area contributed by atoms with Gasteiger partial charge in [-0.25, -0.2) is 8.42 Å². The molecule has 7 heteroatoms. The lowest BCUT2D eigenvalue weighted by molar-refractivity contribution is 0.116. The van der Waals surface area contributed by atoms with Crippen molar-refractivity contribution in [3.8, 4) is 5.75 Å². The Morgan fingerprint density at radius 3 is 2.29 bits per heavy atom. The van der Waals surface area contributed by atoms with Gasteiger partial charge < -0.3 is 15.9 Å². The summed E-state index contributed by atoms with van der Waals surface area (Å²) in [6, 6.07) is 13.1. The van der Waals surface area contributed by atoms with Crippen molar-refractivity contribution in [3.63, 3.8) is 0 Å².